The lowest BCUT2D eigenvalue weighted by Crippen LogP contribution is -2.25. The minimum Gasteiger partial charge on any atom is -0.460 e. The monoisotopic (exact) mass is 252 g/mol. The van der Waals surface area contributed by atoms with Gasteiger partial charge in [0.1, 0.15) is 5.60 Å². The number of ether oxygens (including phenoxy) is 1. The van der Waals surface area contributed by atoms with Gasteiger partial charge < -0.3 is 4.74 Å². The maximum Gasteiger partial charge on any atom is 0.310 e. The van der Waals surface area contributed by atoms with E-state index in [1.807, 2.05) is 45.0 Å². The predicted molar refractivity (Wildman–Crippen MR) is 68.1 cm³/mol. The summed E-state index contributed by atoms with van der Waals surface area (Å²) < 4.78 is 5.37. The first kappa shape index (κ1) is 12.4. The Bertz CT molecular complexity index is 434. The fraction of sp³-hybridized carbons (Fsp3) is 0.500. The smallest absolute Gasteiger partial charge is 0.310 e. The fourth-order valence-corrected chi connectivity index (χ4v) is 2.14. The lowest BCUT2D eigenvalue weighted by Gasteiger charge is -2.19. The molecule has 2 atom stereocenters. The molecule has 0 saturated heterocycles. The number of carbonyl (C=O) groups is 1. The zero-order valence-corrected chi connectivity index (χ0v) is 11.1. The van der Waals surface area contributed by atoms with E-state index in [9.17, 15) is 4.79 Å². The molecule has 1 aromatic rings. The quantitative estimate of drug-likeness (QED) is 0.749. The minimum atomic E-state index is -0.404. The van der Waals surface area contributed by atoms with Crippen LogP contribution in [0.15, 0.2) is 24.3 Å². The molecule has 1 fully saturated rings. The van der Waals surface area contributed by atoms with Crippen LogP contribution in [0.25, 0.3) is 0 Å². The average Bonchev–Trinajstić information content (AvgIpc) is 2.94. The molecule has 0 aromatic heterocycles. The van der Waals surface area contributed by atoms with Crippen LogP contribution >= 0.6 is 11.6 Å². The van der Waals surface area contributed by atoms with Gasteiger partial charge in [0.15, 0.2) is 0 Å². The Kier molecular flexibility index (Phi) is 3.17. The Morgan fingerprint density at radius 1 is 1.41 bits per heavy atom. The SMILES string of the molecule is CC(C)(C)OC(=O)[C@@H]1C[C@H]1c1cccc(Cl)c1. The van der Waals surface area contributed by atoms with Crippen LogP contribution in [0.5, 0.6) is 0 Å². The van der Waals surface area contributed by atoms with Gasteiger partial charge in [-0.05, 0) is 50.8 Å². The number of esters is 1. The van der Waals surface area contributed by atoms with Crippen LogP contribution in [0.4, 0.5) is 0 Å². The maximum atomic E-state index is 11.8. The van der Waals surface area contributed by atoms with E-state index in [0.717, 1.165) is 17.0 Å². The summed E-state index contributed by atoms with van der Waals surface area (Å²) in [7, 11) is 0. The number of benzene rings is 1. The van der Waals surface area contributed by atoms with E-state index in [1.54, 1.807) is 0 Å². The van der Waals surface area contributed by atoms with Gasteiger partial charge in [0, 0.05) is 5.02 Å². The van der Waals surface area contributed by atoms with Crippen molar-refractivity contribution in [2.75, 3.05) is 0 Å². The number of hydrogen-bond acceptors (Lipinski definition) is 2. The summed E-state index contributed by atoms with van der Waals surface area (Å²) in [5.41, 5.74) is 0.729. The van der Waals surface area contributed by atoms with Crippen molar-refractivity contribution in [1.82, 2.24) is 0 Å². The molecule has 0 amide bonds. The Balaban J connectivity index is 1.99. The third kappa shape index (κ3) is 3.22. The third-order valence-corrected chi connectivity index (χ3v) is 3.01. The zero-order chi connectivity index (χ0) is 12.6. The summed E-state index contributed by atoms with van der Waals surface area (Å²) in [6.45, 7) is 5.67. The molecule has 1 saturated carbocycles. The van der Waals surface area contributed by atoms with Crippen molar-refractivity contribution < 1.29 is 9.53 Å². The molecule has 2 nitrogen and oxygen atoms in total. The number of halogens is 1. The molecular weight excluding hydrogens is 236 g/mol. The van der Waals surface area contributed by atoms with Crippen LogP contribution in [0.2, 0.25) is 5.02 Å². The van der Waals surface area contributed by atoms with Gasteiger partial charge in [-0.15, -0.1) is 0 Å². The Labute approximate surface area is 107 Å². The molecule has 92 valence electrons. The van der Waals surface area contributed by atoms with Crippen molar-refractivity contribution in [3.8, 4) is 0 Å². The van der Waals surface area contributed by atoms with Crippen LogP contribution in [-0.2, 0) is 9.53 Å². The molecule has 0 unspecified atom stereocenters. The van der Waals surface area contributed by atoms with Crippen molar-refractivity contribution >= 4 is 17.6 Å². The van der Waals surface area contributed by atoms with E-state index in [0.29, 0.717) is 0 Å². The molecule has 1 aliphatic rings. The van der Waals surface area contributed by atoms with Gasteiger partial charge >= 0.3 is 5.97 Å². The molecule has 0 aliphatic heterocycles. The maximum absolute atomic E-state index is 11.8. The second kappa shape index (κ2) is 4.34. The topological polar surface area (TPSA) is 26.3 Å². The van der Waals surface area contributed by atoms with E-state index in [4.69, 9.17) is 16.3 Å². The molecule has 0 radical (unpaired) electrons. The number of hydrogen-bond donors (Lipinski definition) is 0. The molecule has 0 N–H and O–H groups in total. The summed E-state index contributed by atoms with van der Waals surface area (Å²) in [4.78, 5) is 11.8. The van der Waals surface area contributed by atoms with Crippen molar-refractivity contribution in [3.63, 3.8) is 0 Å². The molecule has 1 aromatic carbocycles. The molecule has 17 heavy (non-hydrogen) atoms. The standard InChI is InChI=1S/C14H17ClO2/c1-14(2,3)17-13(16)12-8-11(12)9-5-4-6-10(15)7-9/h4-7,11-12H,8H2,1-3H3/t11-,12+/m0/s1. The van der Waals surface area contributed by atoms with Crippen LogP contribution in [0.3, 0.4) is 0 Å². The highest BCUT2D eigenvalue weighted by molar-refractivity contribution is 6.30. The minimum absolute atomic E-state index is 0.00712. The van der Waals surface area contributed by atoms with Crippen molar-refractivity contribution in [3.05, 3.63) is 34.9 Å². The Morgan fingerprint density at radius 3 is 2.71 bits per heavy atom. The second-order valence-corrected chi connectivity index (χ2v) is 5.97. The highest BCUT2D eigenvalue weighted by Crippen LogP contribution is 2.48. The molecule has 0 spiro atoms. The number of rotatable bonds is 2. The van der Waals surface area contributed by atoms with E-state index in [-0.39, 0.29) is 17.8 Å². The van der Waals surface area contributed by atoms with Crippen LogP contribution in [0, 0.1) is 5.92 Å². The molecule has 1 aliphatic carbocycles. The van der Waals surface area contributed by atoms with Gasteiger partial charge in [0.25, 0.3) is 0 Å². The third-order valence-electron chi connectivity index (χ3n) is 2.78. The predicted octanol–water partition coefficient (Wildman–Crippen LogP) is 3.79. The van der Waals surface area contributed by atoms with Crippen LogP contribution in [-0.4, -0.2) is 11.6 Å². The first-order valence-electron chi connectivity index (χ1n) is 5.85. The van der Waals surface area contributed by atoms with Gasteiger partial charge in [0.2, 0.25) is 0 Å². The Hall–Kier alpha value is -1.02. The van der Waals surface area contributed by atoms with Gasteiger partial charge in [-0.3, -0.25) is 4.79 Å². The molecule has 0 heterocycles. The van der Waals surface area contributed by atoms with Crippen molar-refractivity contribution in [2.45, 2.75) is 38.7 Å². The lowest BCUT2D eigenvalue weighted by atomic mass is 10.1. The highest BCUT2D eigenvalue weighted by atomic mass is 35.5. The summed E-state index contributed by atoms with van der Waals surface area (Å²) >= 11 is 5.93. The van der Waals surface area contributed by atoms with Gasteiger partial charge in [-0.2, -0.15) is 0 Å². The van der Waals surface area contributed by atoms with Gasteiger partial charge in [-0.1, -0.05) is 23.7 Å². The average molecular weight is 253 g/mol. The summed E-state index contributed by atoms with van der Waals surface area (Å²) in [5, 5.41) is 0.720. The largest absolute Gasteiger partial charge is 0.460 e. The fourth-order valence-electron chi connectivity index (χ4n) is 1.94. The van der Waals surface area contributed by atoms with Crippen LogP contribution in [0.1, 0.15) is 38.7 Å². The molecular formula is C14H17ClO2. The summed E-state index contributed by atoms with van der Waals surface area (Å²) in [6, 6.07) is 7.70. The first-order valence-corrected chi connectivity index (χ1v) is 6.23. The van der Waals surface area contributed by atoms with E-state index in [1.165, 1.54) is 0 Å². The summed E-state index contributed by atoms with van der Waals surface area (Å²) in [6.07, 6.45) is 0.870. The van der Waals surface area contributed by atoms with Gasteiger partial charge in [0.05, 0.1) is 5.92 Å². The number of carbonyl (C=O) groups excluding carboxylic acids is 1. The summed E-state index contributed by atoms with van der Waals surface area (Å²) in [5.74, 6) is 0.193. The molecule has 0 bridgehead atoms. The normalized spacial score (nSPS) is 23.3. The highest BCUT2D eigenvalue weighted by Gasteiger charge is 2.46. The van der Waals surface area contributed by atoms with Crippen LogP contribution < -0.4 is 0 Å². The van der Waals surface area contributed by atoms with Gasteiger partial charge in [-0.25, -0.2) is 0 Å². The van der Waals surface area contributed by atoms with Crippen molar-refractivity contribution in [1.29, 1.82) is 0 Å². The lowest BCUT2D eigenvalue weighted by molar-refractivity contribution is -0.156. The Morgan fingerprint density at radius 2 is 2.12 bits per heavy atom. The van der Waals surface area contributed by atoms with E-state index >= 15 is 0 Å². The van der Waals surface area contributed by atoms with E-state index < -0.39 is 5.60 Å². The second-order valence-electron chi connectivity index (χ2n) is 5.54. The zero-order valence-electron chi connectivity index (χ0n) is 10.4. The van der Waals surface area contributed by atoms with E-state index in [2.05, 4.69) is 0 Å². The molecule has 2 rings (SSSR count). The van der Waals surface area contributed by atoms with Crippen molar-refractivity contribution in [2.24, 2.45) is 5.92 Å². The first-order chi connectivity index (χ1) is 7.87. The molecule has 3 heteroatoms.